The minimum atomic E-state index is -0.331. The van der Waals surface area contributed by atoms with Crippen LogP contribution in [0, 0.1) is 0 Å². The maximum absolute atomic E-state index is 10.8. The van der Waals surface area contributed by atoms with Gasteiger partial charge in [0.1, 0.15) is 0 Å². The van der Waals surface area contributed by atoms with E-state index in [1.54, 1.807) is 6.92 Å². The second kappa shape index (κ2) is 8.40. The average Bonchev–Trinajstić information content (AvgIpc) is 2.08. The molecule has 12 heavy (non-hydrogen) atoms. The number of methoxy groups -OCH3 is 1. The van der Waals surface area contributed by atoms with E-state index in [9.17, 15) is 4.79 Å². The molecule has 0 spiro atoms. The Bertz CT molecular complexity index is 162. The zero-order valence-electron chi connectivity index (χ0n) is 7.98. The molecule has 0 saturated heterocycles. The number of carbonyl (C=O) groups excluding carboxylic acids is 1. The van der Waals surface area contributed by atoms with Gasteiger partial charge in [0.2, 0.25) is 0 Å². The van der Waals surface area contributed by atoms with Crippen LogP contribution in [0.5, 0.6) is 0 Å². The van der Waals surface area contributed by atoms with Crippen molar-refractivity contribution in [3.8, 4) is 0 Å². The summed E-state index contributed by atoms with van der Waals surface area (Å²) >= 11 is 4.64. The van der Waals surface area contributed by atoms with Crippen LogP contribution in [0.25, 0.3) is 0 Å². The highest BCUT2D eigenvalue weighted by Crippen LogP contribution is 2.05. The molecule has 2 N–H and O–H groups in total. The Hall–Kier alpha value is -0.700. The summed E-state index contributed by atoms with van der Waals surface area (Å²) in [5.41, 5.74) is 6.50. The first-order chi connectivity index (χ1) is 5.63. The van der Waals surface area contributed by atoms with Gasteiger partial charge >= 0.3 is 5.97 Å². The van der Waals surface area contributed by atoms with E-state index in [1.807, 2.05) is 6.92 Å². The van der Waals surface area contributed by atoms with Crippen molar-refractivity contribution in [2.45, 2.75) is 20.3 Å². The quantitative estimate of drug-likeness (QED) is 0.412. The van der Waals surface area contributed by atoms with Gasteiger partial charge in [-0.3, -0.25) is 0 Å². The Morgan fingerprint density at radius 1 is 1.50 bits per heavy atom. The van der Waals surface area contributed by atoms with Crippen LogP contribution in [-0.4, -0.2) is 19.5 Å². The molecule has 4 heteroatoms. The topological polar surface area (TPSA) is 52.3 Å². The van der Waals surface area contributed by atoms with Crippen molar-refractivity contribution >= 4 is 17.6 Å². The van der Waals surface area contributed by atoms with E-state index in [2.05, 4.69) is 16.3 Å². The summed E-state index contributed by atoms with van der Waals surface area (Å²) < 4.78 is 4.49. The molecule has 3 nitrogen and oxygen atoms in total. The normalized spacial score (nSPS) is 10.8. The van der Waals surface area contributed by atoms with Crippen molar-refractivity contribution < 1.29 is 9.53 Å². The van der Waals surface area contributed by atoms with E-state index in [0.717, 1.165) is 0 Å². The van der Waals surface area contributed by atoms with Crippen LogP contribution < -0.4 is 5.73 Å². The molecule has 0 atom stereocenters. The van der Waals surface area contributed by atoms with E-state index >= 15 is 0 Å². The Balaban J connectivity index is 0. The van der Waals surface area contributed by atoms with Gasteiger partial charge in [-0.15, -0.1) is 11.6 Å². The molecule has 0 aromatic carbocycles. The first-order valence-corrected chi connectivity index (χ1v) is 4.30. The predicted molar refractivity (Wildman–Crippen MR) is 51.0 cm³/mol. The molecule has 0 heterocycles. The fourth-order valence-corrected chi connectivity index (χ4v) is 0.707. The van der Waals surface area contributed by atoms with Gasteiger partial charge in [-0.2, -0.15) is 0 Å². The number of nitrogens with two attached hydrogens (primary N) is 1. The van der Waals surface area contributed by atoms with Crippen LogP contribution in [0.2, 0.25) is 0 Å². The molecule has 0 aliphatic heterocycles. The molecule has 0 fully saturated rings. The summed E-state index contributed by atoms with van der Waals surface area (Å²) in [5, 5.41) is 0. The predicted octanol–water partition coefficient (Wildman–Crippen LogP) is 1.66. The van der Waals surface area contributed by atoms with Crippen LogP contribution >= 0.6 is 11.6 Å². The Morgan fingerprint density at radius 3 is 2.00 bits per heavy atom. The highest BCUT2D eigenvalue weighted by molar-refractivity contribution is 6.15. The smallest absolute Gasteiger partial charge is 0.335 e. The van der Waals surface area contributed by atoms with Gasteiger partial charge in [-0.1, -0.05) is 6.92 Å². The van der Waals surface area contributed by atoms with Crippen molar-refractivity contribution in [3.63, 3.8) is 0 Å². The van der Waals surface area contributed by atoms with Crippen molar-refractivity contribution in [2.75, 3.05) is 13.5 Å². The van der Waals surface area contributed by atoms with Gasteiger partial charge in [-0.05, 0) is 13.3 Å². The van der Waals surface area contributed by atoms with Gasteiger partial charge in [0.25, 0.3) is 0 Å². The fraction of sp³-hybridized carbons (Fsp3) is 0.625. The van der Waals surface area contributed by atoms with Gasteiger partial charge in [0.05, 0.1) is 12.7 Å². The summed E-state index contributed by atoms with van der Waals surface area (Å²) in [5.74, 6) is -0.331. The van der Waals surface area contributed by atoms with Crippen molar-refractivity contribution in [2.24, 2.45) is 5.73 Å². The van der Waals surface area contributed by atoms with Crippen LogP contribution in [0.3, 0.4) is 0 Å². The third-order valence-corrected chi connectivity index (χ3v) is 1.26. The lowest BCUT2D eigenvalue weighted by atomic mass is 10.2. The zero-order chi connectivity index (χ0) is 10.1. The number of ether oxygens (including phenoxy) is 1. The number of carbonyl (C=O) groups is 1. The lowest BCUT2D eigenvalue weighted by Crippen LogP contribution is -2.09. The lowest BCUT2D eigenvalue weighted by molar-refractivity contribution is -0.136. The second-order valence-corrected chi connectivity index (χ2v) is 2.01. The van der Waals surface area contributed by atoms with Crippen LogP contribution in [-0.2, 0) is 9.53 Å². The largest absolute Gasteiger partial charge is 0.466 e. The molecule has 0 radical (unpaired) electrons. The van der Waals surface area contributed by atoms with Crippen LogP contribution in [0.1, 0.15) is 20.3 Å². The Kier molecular flexibility index (Phi) is 9.70. The minimum Gasteiger partial charge on any atom is -0.466 e. The number of allylic oxidation sites excluding steroid dienone is 1. The molecular formula is C8H16ClNO2. The third kappa shape index (κ3) is 5.02. The summed E-state index contributed by atoms with van der Waals surface area (Å²) in [7, 11) is 1.35. The zero-order valence-corrected chi connectivity index (χ0v) is 8.73. The van der Waals surface area contributed by atoms with Crippen molar-refractivity contribution in [3.05, 3.63) is 11.3 Å². The maximum Gasteiger partial charge on any atom is 0.335 e. The Morgan fingerprint density at radius 2 is 1.92 bits per heavy atom. The third-order valence-electron chi connectivity index (χ3n) is 1.26. The number of hydrogen-bond acceptors (Lipinski definition) is 3. The molecule has 0 aliphatic carbocycles. The molecule has 0 saturated carbocycles. The number of esters is 1. The van der Waals surface area contributed by atoms with Gasteiger partial charge < -0.3 is 10.5 Å². The highest BCUT2D eigenvalue weighted by Gasteiger charge is 2.07. The van der Waals surface area contributed by atoms with Gasteiger partial charge in [-0.25, -0.2) is 4.79 Å². The number of halogens is 1. The molecule has 0 aromatic heterocycles. The SMILES string of the molecule is CCC(C(=O)OC)=C(C)N.CCl. The molecule has 0 amide bonds. The molecule has 0 unspecified atom stereocenters. The van der Waals surface area contributed by atoms with Gasteiger partial charge in [0.15, 0.2) is 0 Å². The van der Waals surface area contributed by atoms with E-state index in [1.165, 1.54) is 13.5 Å². The molecule has 0 rings (SSSR count). The number of hydrogen-bond donors (Lipinski definition) is 1. The van der Waals surface area contributed by atoms with E-state index in [0.29, 0.717) is 17.7 Å². The summed E-state index contributed by atoms with van der Waals surface area (Å²) in [6.45, 7) is 3.55. The Labute approximate surface area is 78.5 Å². The van der Waals surface area contributed by atoms with E-state index in [4.69, 9.17) is 5.73 Å². The molecular weight excluding hydrogens is 178 g/mol. The van der Waals surface area contributed by atoms with Gasteiger partial charge in [0, 0.05) is 12.1 Å². The molecule has 0 bridgehead atoms. The summed E-state index contributed by atoms with van der Waals surface area (Å²) in [6, 6.07) is 0. The van der Waals surface area contributed by atoms with Crippen LogP contribution in [0.4, 0.5) is 0 Å². The number of alkyl halides is 1. The monoisotopic (exact) mass is 193 g/mol. The van der Waals surface area contributed by atoms with Crippen molar-refractivity contribution in [1.82, 2.24) is 0 Å². The first-order valence-electron chi connectivity index (χ1n) is 3.54. The molecule has 72 valence electrons. The lowest BCUT2D eigenvalue weighted by Gasteiger charge is -2.02. The van der Waals surface area contributed by atoms with Crippen LogP contribution in [0.15, 0.2) is 11.3 Å². The van der Waals surface area contributed by atoms with Crippen molar-refractivity contribution in [1.29, 1.82) is 0 Å². The second-order valence-electron chi connectivity index (χ2n) is 2.01. The minimum absolute atomic E-state index is 0.331. The maximum atomic E-state index is 10.8. The number of rotatable bonds is 2. The van der Waals surface area contributed by atoms with E-state index < -0.39 is 0 Å². The molecule has 0 aliphatic rings. The summed E-state index contributed by atoms with van der Waals surface area (Å²) in [4.78, 5) is 10.8. The molecule has 0 aromatic rings. The average molecular weight is 194 g/mol. The van der Waals surface area contributed by atoms with E-state index in [-0.39, 0.29) is 5.97 Å². The first kappa shape index (κ1) is 13.9. The fourth-order valence-electron chi connectivity index (χ4n) is 0.707. The standard InChI is InChI=1S/C7H13NO2.CH3Cl/c1-4-6(5(2)8)7(9)10-3;1-2/h4,8H2,1-3H3;1H3. The summed E-state index contributed by atoms with van der Waals surface area (Å²) in [6.07, 6.45) is 2.09. The highest BCUT2D eigenvalue weighted by atomic mass is 35.5.